The average Bonchev–Trinajstić information content (AvgIpc) is 3.00. The summed E-state index contributed by atoms with van der Waals surface area (Å²) in [6, 6.07) is 0.142. The second-order valence-corrected chi connectivity index (χ2v) is 7.83. The number of unbranched alkanes of at least 4 members (excludes halogenated alkanes) is 2. The molecule has 10 heteroatoms. The Kier molecular flexibility index (Phi) is 13.3. The number of nitrogens with one attached hydrogen (secondary N) is 1. The van der Waals surface area contributed by atoms with Crippen LogP contribution in [0, 0.1) is 17.8 Å². The first-order valence-electron chi connectivity index (χ1n) is 10.3. The molecular formula is C20H35F3N2O5. The SMILES string of the molecule is CCOC(=O)[C@@H]1C[C@@H](CCCCCC(C)CNC(C)=O)[C@H](N)C1.O=C(O)C(F)(F)F. The molecule has 0 aromatic heterocycles. The normalized spacial score (nSPS) is 21.9. The number of ether oxygens (including phenoxy) is 1. The lowest BCUT2D eigenvalue weighted by atomic mass is 9.94. The van der Waals surface area contributed by atoms with E-state index in [1.807, 2.05) is 6.92 Å². The number of carbonyl (C=O) groups is 3. The van der Waals surface area contributed by atoms with Gasteiger partial charge >= 0.3 is 18.1 Å². The number of amides is 1. The molecule has 0 saturated heterocycles. The van der Waals surface area contributed by atoms with E-state index in [4.69, 9.17) is 20.4 Å². The van der Waals surface area contributed by atoms with Crippen molar-refractivity contribution in [2.24, 2.45) is 23.5 Å². The standard InChI is InChI=1S/C18H34N2O3.C2HF3O2/c1-4-23-18(22)16-10-15(17(19)11-16)9-7-5-6-8-13(2)12-20-14(3)21;3-2(4,5)1(6)7/h13,15-17H,4-12,19H2,1-3H3,(H,20,21);(H,6,7)/t13?,15-,16-,17-;/m1./s1. The van der Waals surface area contributed by atoms with Gasteiger partial charge in [-0.15, -0.1) is 0 Å². The highest BCUT2D eigenvalue weighted by Gasteiger charge is 2.38. The zero-order valence-corrected chi connectivity index (χ0v) is 18.0. The van der Waals surface area contributed by atoms with Crippen LogP contribution in [0.15, 0.2) is 0 Å². The Morgan fingerprint density at radius 2 is 1.80 bits per heavy atom. The fourth-order valence-electron chi connectivity index (χ4n) is 3.44. The lowest BCUT2D eigenvalue weighted by Crippen LogP contribution is -2.25. The molecule has 7 nitrogen and oxygen atoms in total. The number of aliphatic carboxylic acids is 1. The molecule has 176 valence electrons. The summed E-state index contributed by atoms with van der Waals surface area (Å²) in [5.41, 5.74) is 6.19. The van der Waals surface area contributed by atoms with Gasteiger partial charge in [-0.25, -0.2) is 4.79 Å². The molecule has 4 N–H and O–H groups in total. The van der Waals surface area contributed by atoms with Gasteiger partial charge in [0.1, 0.15) is 0 Å². The van der Waals surface area contributed by atoms with E-state index in [9.17, 15) is 22.8 Å². The Morgan fingerprint density at radius 3 is 2.30 bits per heavy atom. The van der Waals surface area contributed by atoms with E-state index in [-0.39, 0.29) is 23.8 Å². The number of carboxylic acid groups (broad SMARTS) is 1. The number of carboxylic acids is 1. The van der Waals surface area contributed by atoms with Gasteiger partial charge < -0.3 is 20.9 Å². The van der Waals surface area contributed by atoms with Gasteiger partial charge in [0, 0.05) is 19.5 Å². The number of rotatable bonds is 10. The lowest BCUT2D eigenvalue weighted by molar-refractivity contribution is -0.192. The molecule has 1 amide bonds. The molecule has 0 aromatic carbocycles. The van der Waals surface area contributed by atoms with Gasteiger partial charge in [-0.2, -0.15) is 13.2 Å². The molecule has 0 aromatic rings. The van der Waals surface area contributed by atoms with Gasteiger partial charge in [-0.1, -0.05) is 26.2 Å². The van der Waals surface area contributed by atoms with Crippen LogP contribution in [-0.4, -0.2) is 48.3 Å². The maximum atomic E-state index is 11.8. The number of alkyl halides is 3. The predicted molar refractivity (Wildman–Crippen MR) is 105 cm³/mol. The molecule has 1 unspecified atom stereocenters. The van der Waals surface area contributed by atoms with E-state index in [2.05, 4.69) is 12.2 Å². The average molecular weight is 441 g/mol. The van der Waals surface area contributed by atoms with Crippen molar-refractivity contribution >= 4 is 17.8 Å². The third-order valence-electron chi connectivity index (χ3n) is 5.08. The van der Waals surface area contributed by atoms with Gasteiger partial charge in [-0.05, 0) is 44.4 Å². The summed E-state index contributed by atoms with van der Waals surface area (Å²) in [5.74, 6) is -1.79. The lowest BCUT2D eigenvalue weighted by Gasteiger charge is -2.15. The fraction of sp³-hybridized carbons (Fsp3) is 0.850. The van der Waals surface area contributed by atoms with Crippen molar-refractivity contribution in [2.45, 2.75) is 77.9 Å². The molecule has 0 spiro atoms. The summed E-state index contributed by atoms with van der Waals surface area (Å²) in [6.45, 7) is 6.79. The van der Waals surface area contributed by atoms with Crippen LogP contribution in [-0.2, 0) is 19.1 Å². The minimum absolute atomic E-state index is 0.00706. The van der Waals surface area contributed by atoms with Gasteiger partial charge in [-0.3, -0.25) is 9.59 Å². The van der Waals surface area contributed by atoms with Crippen molar-refractivity contribution in [1.29, 1.82) is 0 Å². The molecule has 0 bridgehead atoms. The molecule has 4 atom stereocenters. The number of halogens is 3. The molecule has 30 heavy (non-hydrogen) atoms. The molecule has 1 fully saturated rings. The Hall–Kier alpha value is -1.84. The highest BCUT2D eigenvalue weighted by atomic mass is 19.4. The molecule has 0 radical (unpaired) electrons. The highest BCUT2D eigenvalue weighted by Crippen LogP contribution is 2.34. The number of esters is 1. The van der Waals surface area contributed by atoms with Crippen LogP contribution in [0.3, 0.4) is 0 Å². The van der Waals surface area contributed by atoms with Gasteiger partial charge in [0.25, 0.3) is 0 Å². The topological polar surface area (TPSA) is 119 Å². The number of nitrogens with two attached hydrogens (primary N) is 1. The van der Waals surface area contributed by atoms with E-state index >= 15 is 0 Å². The van der Waals surface area contributed by atoms with Gasteiger partial charge in [0.2, 0.25) is 5.91 Å². The van der Waals surface area contributed by atoms with E-state index in [1.165, 1.54) is 19.3 Å². The Labute approximate surface area is 175 Å². The maximum absolute atomic E-state index is 11.8. The minimum atomic E-state index is -5.08. The van der Waals surface area contributed by atoms with Crippen molar-refractivity contribution in [2.75, 3.05) is 13.2 Å². The Morgan fingerprint density at radius 1 is 1.20 bits per heavy atom. The van der Waals surface area contributed by atoms with Crippen LogP contribution in [0.1, 0.15) is 65.7 Å². The third kappa shape index (κ3) is 12.7. The second kappa shape index (κ2) is 14.2. The Bertz CT molecular complexity index is 543. The van der Waals surface area contributed by atoms with Crippen LogP contribution >= 0.6 is 0 Å². The summed E-state index contributed by atoms with van der Waals surface area (Å²) in [5, 5.41) is 9.99. The van der Waals surface area contributed by atoms with Gasteiger partial charge in [0.05, 0.1) is 12.5 Å². The molecule has 1 aliphatic rings. The smallest absolute Gasteiger partial charge is 0.475 e. The van der Waals surface area contributed by atoms with E-state index in [0.717, 1.165) is 32.2 Å². The predicted octanol–water partition coefficient (Wildman–Crippen LogP) is 3.26. The molecule has 0 aliphatic heterocycles. The summed E-state index contributed by atoms with van der Waals surface area (Å²) in [4.78, 5) is 31.5. The van der Waals surface area contributed by atoms with Crippen molar-refractivity contribution < 1.29 is 37.4 Å². The monoisotopic (exact) mass is 440 g/mol. The molecule has 1 aliphatic carbocycles. The largest absolute Gasteiger partial charge is 0.490 e. The van der Waals surface area contributed by atoms with Crippen LogP contribution in [0.4, 0.5) is 13.2 Å². The van der Waals surface area contributed by atoms with Crippen molar-refractivity contribution in [3.8, 4) is 0 Å². The maximum Gasteiger partial charge on any atom is 0.490 e. The minimum Gasteiger partial charge on any atom is -0.475 e. The second-order valence-electron chi connectivity index (χ2n) is 7.83. The first-order chi connectivity index (χ1) is 13.9. The summed E-state index contributed by atoms with van der Waals surface area (Å²) >= 11 is 0. The van der Waals surface area contributed by atoms with Gasteiger partial charge in [0.15, 0.2) is 0 Å². The number of hydrogen-bond acceptors (Lipinski definition) is 5. The van der Waals surface area contributed by atoms with E-state index in [1.54, 1.807) is 6.92 Å². The summed E-state index contributed by atoms with van der Waals surface area (Å²) < 4.78 is 36.8. The first kappa shape index (κ1) is 28.2. The quantitative estimate of drug-likeness (QED) is 0.354. The van der Waals surface area contributed by atoms with Crippen LogP contribution in [0.25, 0.3) is 0 Å². The summed E-state index contributed by atoms with van der Waals surface area (Å²) in [6.07, 6.45) is 2.37. The Balaban J connectivity index is 0.00000103. The summed E-state index contributed by atoms with van der Waals surface area (Å²) in [7, 11) is 0. The number of carbonyl (C=O) groups excluding carboxylic acids is 2. The first-order valence-corrected chi connectivity index (χ1v) is 10.3. The van der Waals surface area contributed by atoms with Crippen LogP contribution in [0.5, 0.6) is 0 Å². The van der Waals surface area contributed by atoms with Crippen molar-refractivity contribution in [3.63, 3.8) is 0 Å². The van der Waals surface area contributed by atoms with Crippen LogP contribution < -0.4 is 11.1 Å². The highest BCUT2D eigenvalue weighted by molar-refractivity contribution is 5.73. The zero-order valence-electron chi connectivity index (χ0n) is 18.0. The van der Waals surface area contributed by atoms with Crippen LogP contribution in [0.2, 0.25) is 0 Å². The fourth-order valence-corrected chi connectivity index (χ4v) is 3.44. The molecule has 1 saturated carbocycles. The zero-order chi connectivity index (χ0) is 23.3. The van der Waals surface area contributed by atoms with Crippen molar-refractivity contribution in [1.82, 2.24) is 5.32 Å². The van der Waals surface area contributed by atoms with Crippen molar-refractivity contribution in [3.05, 3.63) is 0 Å². The van der Waals surface area contributed by atoms with E-state index in [0.29, 0.717) is 18.4 Å². The molecule has 0 heterocycles. The third-order valence-corrected chi connectivity index (χ3v) is 5.08. The van der Waals surface area contributed by atoms with E-state index < -0.39 is 12.1 Å². The number of hydrogen-bond donors (Lipinski definition) is 3. The molecule has 1 rings (SSSR count). The molecular weight excluding hydrogens is 405 g/mol.